The van der Waals surface area contributed by atoms with Gasteiger partial charge >= 0.3 is 0 Å². The van der Waals surface area contributed by atoms with E-state index in [0.717, 1.165) is 18.8 Å². The maximum Gasteiger partial charge on any atom is 0.224 e. The van der Waals surface area contributed by atoms with E-state index in [4.69, 9.17) is 0 Å². The lowest BCUT2D eigenvalue weighted by atomic mass is 9.81. The van der Waals surface area contributed by atoms with Crippen LogP contribution in [0.3, 0.4) is 0 Å². The van der Waals surface area contributed by atoms with Crippen molar-refractivity contribution in [3.05, 3.63) is 11.8 Å². The summed E-state index contributed by atoms with van der Waals surface area (Å²) in [7, 11) is 0. The Hall–Kier alpha value is -0.790. The van der Waals surface area contributed by atoms with Crippen LogP contribution in [0.5, 0.6) is 0 Å². The molecule has 0 radical (unpaired) electrons. The van der Waals surface area contributed by atoms with E-state index < -0.39 is 0 Å². The molecule has 2 rings (SSSR count). The van der Waals surface area contributed by atoms with Gasteiger partial charge in [-0.2, -0.15) is 0 Å². The standard InChI is InChI=1S/C10H15NO/c1-7-2-4-9-8(6-7)3-5-10(12)11-9/h4,7-8H,2-3,5-6H2,1H3,(H,11,12). The number of carbonyl (C=O) groups is 1. The van der Waals surface area contributed by atoms with Gasteiger partial charge in [0.1, 0.15) is 0 Å². The quantitative estimate of drug-likeness (QED) is 0.583. The zero-order chi connectivity index (χ0) is 8.55. The van der Waals surface area contributed by atoms with Gasteiger partial charge in [-0.25, -0.2) is 0 Å². The van der Waals surface area contributed by atoms with E-state index in [0.29, 0.717) is 12.3 Å². The van der Waals surface area contributed by atoms with Gasteiger partial charge in [0.25, 0.3) is 0 Å². The van der Waals surface area contributed by atoms with Crippen molar-refractivity contribution in [3.8, 4) is 0 Å². The fourth-order valence-electron chi connectivity index (χ4n) is 2.16. The molecule has 0 aromatic heterocycles. The van der Waals surface area contributed by atoms with Crippen molar-refractivity contribution in [1.82, 2.24) is 5.32 Å². The smallest absolute Gasteiger partial charge is 0.224 e. The maximum absolute atomic E-state index is 11.0. The van der Waals surface area contributed by atoms with Crippen molar-refractivity contribution in [2.45, 2.75) is 32.6 Å². The maximum atomic E-state index is 11.0. The number of fused-ring (bicyclic) bond motifs is 1. The molecule has 0 aromatic rings. The number of rotatable bonds is 0. The second-order valence-electron chi connectivity index (χ2n) is 4.02. The molecule has 2 atom stereocenters. The Morgan fingerprint density at radius 1 is 1.58 bits per heavy atom. The second-order valence-corrected chi connectivity index (χ2v) is 4.02. The molecule has 1 amide bonds. The van der Waals surface area contributed by atoms with E-state index in [-0.39, 0.29) is 5.91 Å². The van der Waals surface area contributed by atoms with Crippen LogP contribution in [-0.2, 0) is 4.79 Å². The van der Waals surface area contributed by atoms with E-state index in [1.165, 1.54) is 12.1 Å². The van der Waals surface area contributed by atoms with Gasteiger partial charge in [-0.15, -0.1) is 0 Å². The molecule has 0 saturated carbocycles. The summed E-state index contributed by atoms with van der Waals surface area (Å²) in [5.74, 6) is 1.65. The van der Waals surface area contributed by atoms with Crippen LogP contribution >= 0.6 is 0 Å². The molecule has 0 spiro atoms. The minimum atomic E-state index is 0.201. The van der Waals surface area contributed by atoms with Crippen LogP contribution in [0.15, 0.2) is 11.8 Å². The van der Waals surface area contributed by atoms with Crippen LogP contribution in [0.4, 0.5) is 0 Å². The number of piperidine rings is 1. The molecule has 0 bridgehead atoms. The number of hydrogen-bond donors (Lipinski definition) is 1. The summed E-state index contributed by atoms with van der Waals surface area (Å²) in [5, 5.41) is 2.96. The predicted octanol–water partition coefficient (Wildman–Crippen LogP) is 1.83. The van der Waals surface area contributed by atoms with Gasteiger partial charge in [-0.3, -0.25) is 4.79 Å². The molecule has 66 valence electrons. The highest BCUT2D eigenvalue weighted by molar-refractivity contribution is 5.79. The van der Waals surface area contributed by atoms with E-state index in [9.17, 15) is 4.79 Å². The molecular formula is C10H15NO. The summed E-state index contributed by atoms with van der Waals surface area (Å²) in [6, 6.07) is 0. The number of allylic oxidation sites excluding steroid dienone is 2. The lowest BCUT2D eigenvalue weighted by Gasteiger charge is -2.31. The van der Waals surface area contributed by atoms with Crippen molar-refractivity contribution in [2.75, 3.05) is 0 Å². The summed E-state index contributed by atoms with van der Waals surface area (Å²) in [4.78, 5) is 11.0. The van der Waals surface area contributed by atoms with Gasteiger partial charge in [0, 0.05) is 12.1 Å². The Labute approximate surface area is 73.0 Å². The van der Waals surface area contributed by atoms with Crippen molar-refractivity contribution < 1.29 is 4.79 Å². The molecule has 1 aliphatic heterocycles. The molecule has 1 heterocycles. The van der Waals surface area contributed by atoms with Gasteiger partial charge in [0.15, 0.2) is 0 Å². The fraction of sp³-hybridized carbons (Fsp3) is 0.700. The lowest BCUT2D eigenvalue weighted by Crippen LogP contribution is -2.35. The Bertz CT molecular complexity index is 232. The topological polar surface area (TPSA) is 29.1 Å². The molecule has 1 N–H and O–H groups in total. The van der Waals surface area contributed by atoms with E-state index in [2.05, 4.69) is 18.3 Å². The molecule has 1 saturated heterocycles. The summed E-state index contributed by atoms with van der Waals surface area (Å²) >= 11 is 0. The van der Waals surface area contributed by atoms with Crippen molar-refractivity contribution in [2.24, 2.45) is 11.8 Å². The van der Waals surface area contributed by atoms with Gasteiger partial charge in [0.05, 0.1) is 0 Å². The van der Waals surface area contributed by atoms with Gasteiger partial charge in [-0.05, 0) is 31.1 Å². The summed E-state index contributed by atoms with van der Waals surface area (Å²) in [5.41, 5.74) is 1.20. The molecule has 1 fully saturated rings. The third-order valence-corrected chi connectivity index (χ3v) is 2.87. The summed E-state index contributed by atoms with van der Waals surface area (Å²) in [6.07, 6.45) is 6.37. The highest BCUT2D eigenvalue weighted by Crippen LogP contribution is 2.32. The summed E-state index contributed by atoms with van der Waals surface area (Å²) in [6.45, 7) is 2.28. The van der Waals surface area contributed by atoms with Crippen LogP contribution in [0.2, 0.25) is 0 Å². The molecule has 2 nitrogen and oxygen atoms in total. The average molecular weight is 165 g/mol. The molecule has 12 heavy (non-hydrogen) atoms. The lowest BCUT2D eigenvalue weighted by molar-refractivity contribution is -0.121. The normalized spacial score (nSPS) is 35.1. The van der Waals surface area contributed by atoms with Crippen LogP contribution in [0.1, 0.15) is 32.6 Å². The molecule has 2 unspecified atom stereocenters. The van der Waals surface area contributed by atoms with Gasteiger partial charge in [0.2, 0.25) is 5.91 Å². The van der Waals surface area contributed by atoms with E-state index in [1.807, 2.05) is 0 Å². The first kappa shape index (κ1) is 7.84. The van der Waals surface area contributed by atoms with Crippen molar-refractivity contribution >= 4 is 5.91 Å². The highest BCUT2D eigenvalue weighted by atomic mass is 16.1. The Balaban J connectivity index is 2.12. The fourth-order valence-corrected chi connectivity index (χ4v) is 2.16. The van der Waals surface area contributed by atoms with E-state index in [1.54, 1.807) is 0 Å². The van der Waals surface area contributed by atoms with Crippen molar-refractivity contribution in [1.29, 1.82) is 0 Å². The number of carbonyl (C=O) groups excluding carboxylic acids is 1. The molecule has 0 aromatic carbocycles. The minimum absolute atomic E-state index is 0.201. The first-order valence-electron chi connectivity index (χ1n) is 4.75. The van der Waals surface area contributed by atoms with Crippen LogP contribution < -0.4 is 5.32 Å². The van der Waals surface area contributed by atoms with Crippen LogP contribution in [0, 0.1) is 11.8 Å². The molecular weight excluding hydrogens is 150 g/mol. The monoisotopic (exact) mass is 165 g/mol. The highest BCUT2D eigenvalue weighted by Gasteiger charge is 2.27. The Kier molecular flexibility index (Phi) is 1.91. The number of amides is 1. The second kappa shape index (κ2) is 2.92. The first-order valence-corrected chi connectivity index (χ1v) is 4.75. The van der Waals surface area contributed by atoms with Crippen LogP contribution in [-0.4, -0.2) is 5.91 Å². The van der Waals surface area contributed by atoms with Crippen molar-refractivity contribution in [3.63, 3.8) is 0 Å². The molecule has 1 aliphatic carbocycles. The number of hydrogen-bond acceptors (Lipinski definition) is 1. The predicted molar refractivity (Wildman–Crippen MR) is 47.3 cm³/mol. The third kappa shape index (κ3) is 1.38. The minimum Gasteiger partial charge on any atom is -0.330 e. The number of nitrogens with one attached hydrogen (secondary N) is 1. The Morgan fingerprint density at radius 2 is 2.42 bits per heavy atom. The van der Waals surface area contributed by atoms with Gasteiger partial charge in [-0.1, -0.05) is 13.0 Å². The summed E-state index contributed by atoms with van der Waals surface area (Å²) < 4.78 is 0. The van der Waals surface area contributed by atoms with Crippen LogP contribution in [0.25, 0.3) is 0 Å². The molecule has 2 aliphatic rings. The zero-order valence-corrected chi connectivity index (χ0v) is 7.47. The average Bonchev–Trinajstić information content (AvgIpc) is 2.05. The zero-order valence-electron chi connectivity index (χ0n) is 7.47. The van der Waals surface area contributed by atoms with Gasteiger partial charge < -0.3 is 5.32 Å². The van der Waals surface area contributed by atoms with E-state index >= 15 is 0 Å². The first-order chi connectivity index (χ1) is 5.75. The third-order valence-electron chi connectivity index (χ3n) is 2.87. The Morgan fingerprint density at radius 3 is 3.25 bits per heavy atom. The largest absolute Gasteiger partial charge is 0.330 e. The molecule has 2 heteroatoms. The SMILES string of the molecule is CC1CC=C2NC(=O)CCC2C1.